The summed E-state index contributed by atoms with van der Waals surface area (Å²) < 4.78 is 1.78. The molecule has 0 fully saturated rings. The van der Waals surface area contributed by atoms with Crippen LogP contribution in [0.25, 0.3) is 5.65 Å². The molecule has 8 heteroatoms. The molecule has 94 valence electrons. The van der Waals surface area contributed by atoms with Crippen LogP contribution in [0.5, 0.6) is 0 Å². The largest absolute Gasteiger partial charge is 0.368 e. The molecule has 0 spiro atoms. The van der Waals surface area contributed by atoms with Crippen LogP contribution in [0.2, 0.25) is 0 Å². The molecule has 0 radical (unpaired) electrons. The molecule has 0 aromatic carbocycles. The van der Waals surface area contributed by atoms with Gasteiger partial charge in [-0.2, -0.15) is 0 Å². The lowest BCUT2D eigenvalue weighted by Crippen LogP contribution is -2.34. The molecule has 0 unspecified atom stereocenters. The fourth-order valence-corrected chi connectivity index (χ4v) is 2.04. The Hall–Kier alpha value is -2.09. The predicted octanol–water partition coefficient (Wildman–Crippen LogP) is -0.577. The van der Waals surface area contributed by atoms with Gasteiger partial charge in [-0.15, -0.1) is 10.2 Å². The number of hydrogen-bond acceptors (Lipinski definition) is 5. The first-order valence-corrected chi connectivity index (χ1v) is 6.13. The van der Waals surface area contributed by atoms with Crippen molar-refractivity contribution in [2.75, 3.05) is 12.3 Å². The summed E-state index contributed by atoms with van der Waals surface area (Å²) in [4.78, 5) is 21.9. The van der Waals surface area contributed by atoms with Crippen molar-refractivity contribution in [3.05, 3.63) is 24.4 Å². The second-order valence-corrected chi connectivity index (χ2v) is 4.39. The first-order valence-electron chi connectivity index (χ1n) is 5.14. The van der Waals surface area contributed by atoms with E-state index in [1.165, 1.54) is 11.8 Å². The Balaban J connectivity index is 1.94. The zero-order chi connectivity index (χ0) is 13.0. The molecule has 18 heavy (non-hydrogen) atoms. The van der Waals surface area contributed by atoms with E-state index in [0.29, 0.717) is 5.16 Å². The van der Waals surface area contributed by atoms with Crippen LogP contribution in [0.3, 0.4) is 0 Å². The highest BCUT2D eigenvalue weighted by Gasteiger charge is 2.08. The molecular formula is C10H11N5O2S. The number of hydrogen-bond donors (Lipinski definition) is 2. The summed E-state index contributed by atoms with van der Waals surface area (Å²) >= 11 is 1.24. The van der Waals surface area contributed by atoms with E-state index < -0.39 is 5.91 Å². The minimum atomic E-state index is -0.568. The molecule has 2 aromatic rings. The number of nitrogens with one attached hydrogen (secondary N) is 1. The number of primary amides is 1. The monoisotopic (exact) mass is 265 g/mol. The van der Waals surface area contributed by atoms with Crippen molar-refractivity contribution in [2.24, 2.45) is 5.73 Å². The summed E-state index contributed by atoms with van der Waals surface area (Å²) in [5.41, 5.74) is 5.64. The minimum absolute atomic E-state index is 0.153. The van der Waals surface area contributed by atoms with Crippen LogP contribution in [-0.4, -0.2) is 38.7 Å². The number of fused-ring (bicyclic) bond motifs is 1. The maximum Gasteiger partial charge on any atom is 0.236 e. The van der Waals surface area contributed by atoms with E-state index in [0.717, 1.165) is 5.65 Å². The van der Waals surface area contributed by atoms with E-state index in [-0.39, 0.29) is 18.2 Å². The number of aromatic nitrogens is 3. The van der Waals surface area contributed by atoms with E-state index in [9.17, 15) is 9.59 Å². The third-order valence-corrected chi connectivity index (χ3v) is 3.02. The molecule has 2 amide bonds. The molecule has 2 aromatic heterocycles. The molecular weight excluding hydrogens is 254 g/mol. The zero-order valence-corrected chi connectivity index (χ0v) is 10.2. The molecule has 7 nitrogen and oxygen atoms in total. The number of nitrogens with two attached hydrogens (primary N) is 1. The Bertz CT molecular complexity index is 582. The van der Waals surface area contributed by atoms with Gasteiger partial charge >= 0.3 is 0 Å². The van der Waals surface area contributed by atoms with Crippen molar-refractivity contribution < 1.29 is 9.59 Å². The van der Waals surface area contributed by atoms with E-state index in [1.54, 1.807) is 4.40 Å². The van der Waals surface area contributed by atoms with Crippen molar-refractivity contribution in [1.82, 2.24) is 19.9 Å². The van der Waals surface area contributed by atoms with Crippen molar-refractivity contribution in [2.45, 2.75) is 5.16 Å². The van der Waals surface area contributed by atoms with E-state index in [2.05, 4.69) is 15.5 Å². The van der Waals surface area contributed by atoms with Crippen LogP contribution in [0.1, 0.15) is 0 Å². The van der Waals surface area contributed by atoms with Crippen molar-refractivity contribution in [1.29, 1.82) is 0 Å². The highest BCUT2D eigenvalue weighted by molar-refractivity contribution is 7.99. The number of amides is 2. The smallest absolute Gasteiger partial charge is 0.236 e. The zero-order valence-electron chi connectivity index (χ0n) is 9.37. The number of carbonyl (C=O) groups is 2. The van der Waals surface area contributed by atoms with Crippen molar-refractivity contribution >= 4 is 29.2 Å². The molecule has 0 saturated carbocycles. The summed E-state index contributed by atoms with van der Waals surface area (Å²) in [6.45, 7) is -0.153. The maximum atomic E-state index is 11.4. The van der Waals surface area contributed by atoms with Gasteiger partial charge in [-0.05, 0) is 12.1 Å². The van der Waals surface area contributed by atoms with Gasteiger partial charge in [0.25, 0.3) is 0 Å². The Kier molecular flexibility index (Phi) is 3.78. The van der Waals surface area contributed by atoms with E-state index in [1.807, 2.05) is 24.4 Å². The molecule has 0 bridgehead atoms. The second-order valence-electron chi connectivity index (χ2n) is 3.44. The van der Waals surface area contributed by atoms with Gasteiger partial charge in [0.15, 0.2) is 10.8 Å². The van der Waals surface area contributed by atoms with Crippen LogP contribution < -0.4 is 11.1 Å². The van der Waals surface area contributed by atoms with Gasteiger partial charge < -0.3 is 11.1 Å². The summed E-state index contributed by atoms with van der Waals surface area (Å²) in [5.74, 6) is -0.684. The van der Waals surface area contributed by atoms with Gasteiger partial charge in [0, 0.05) is 6.20 Å². The first-order chi connectivity index (χ1) is 8.66. The fraction of sp³-hybridized carbons (Fsp3) is 0.200. The van der Waals surface area contributed by atoms with Crippen LogP contribution in [-0.2, 0) is 9.59 Å². The fourth-order valence-electron chi connectivity index (χ4n) is 1.28. The Labute approximate surface area is 107 Å². The van der Waals surface area contributed by atoms with Gasteiger partial charge in [0.2, 0.25) is 11.8 Å². The standard InChI is InChI=1S/C10H11N5O2S/c11-7(16)5-12-9(17)6-18-10-14-13-8-3-1-2-4-15(8)10/h1-4H,5-6H2,(H2,11,16)(H,12,17). The average molecular weight is 265 g/mol. The SMILES string of the molecule is NC(=O)CNC(=O)CSc1nnc2ccccn12. The number of nitrogens with zero attached hydrogens (tertiary/aromatic N) is 3. The lowest BCUT2D eigenvalue weighted by atomic mass is 10.5. The lowest BCUT2D eigenvalue weighted by molar-refractivity contribution is -0.123. The molecule has 2 rings (SSSR count). The van der Waals surface area contributed by atoms with E-state index >= 15 is 0 Å². The first kappa shape index (κ1) is 12.4. The summed E-state index contributed by atoms with van der Waals surface area (Å²) in [5, 5.41) is 10.9. The van der Waals surface area contributed by atoms with Crippen LogP contribution in [0.15, 0.2) is 29.6 Å². The number of carbonyl (C=O) groups excluding carboxylic acids is 2. The Morgan fingerprint density at radius 1 is 1.39 bits per heavy atom. The Morgan fingerprint density at radius 3 is 3.00 bits per heavy atom. The van der Waals surface area contributed by atoms with Gasteiger partial charge in [-0.25, -0.2) is 0 Å². The number of thioether (sulfide) groups is 1. The van der Waals surface area contributed by atoms with E-state index in [4.69, 9.17) is 5.73 Å². The molecule has 0 aliphatic heterocycles. The number of pyridine rings is 1. The third-order valence-electron chi connectivity index (χ3n) is 2.07. The predicted molar refractivity (Wildman–Crippen MR) is 65.9 cm³/mol. The highest BCUT2D eigenvalue weighted by Crippen LogP contribution is 2.15. The van der Waals surface area contributed by atoms with Crippen molar-refractivity contribution in [3.8, 4) is 0 Å². The number of rotatable bonds is 5. The quantitative estimate of drug-likeness (QED) is 0.704. The van der Waals surface area contributed by atoms with Gasteiger partial charge in [0.05, 0.1) is 12.3 Å². The van der Waals surface area contributed by atoms with Crippen LogP contribution >= 0.6 is 11.8 Å². The minimum Gasteiger partial charge on any atom is -0.368 e. The average Bonchev–Trinajstić information content (AvgIpc) is 2.77. The van der Waals surface area contributed by atoms with Gasteiger partial charge in [-0.3, -0.25) is 14.0 Å². The summed E-state index contributed by atoms with van der Waals surface area (Å²) in [6, 6.07) is 5.54. The topological polar surface area (TPSA) is 102 Å². The Morgan fingerprint density at radius 2 is 2.22 bits per heavy atom. The molecule has 2 heterocycles. The normalized spacial score (nSPS) is 10.4. The molecule has 0 aliphatic rings. The molecule has 0 saturated heterocycles. The second kappa shape index (κ2) is 5.50. The lowest BCUT2D eigenvalue weighted by Gasteiger charge is -2.01. The summed E-state index contributed by atoms with van der Waals surface area (Å²) in [7, 11) is 0. The molecule has 3 N–H and O–H groups in total. The summed E-state index contributed by atoms with van der Waals surface area (Å²) in [6.07, 6.45) is 1.82. The van der Waals surface area contributed by atoms with Crippen LogP contribution in [0.4, 0.5) is 0 Å². The maximum absolute atomic E-state index is 11.4. The molecule has 0 atom stereocenters. The van der Waals surface area contributed by atoms with Crippen LogP contribution in [0, 0.1) is 0 Å². The van der Waals surface area contributed by atoms with Gasteiger partial charge in [-0.1, -0.05) is 17.8 Å². The highest BCUT2D eigenvalue weighted by atomic mass is 32.2. The van der Waals surface area contributed by atoms with Gasteiger partial charge in [0.1, 0.15) is 0 Å². The van der Waals surface area contributed by atoms with Crippen molar-refractivity contribution in [3.63, 3.8) is 0 Å². The molecule has 0 aliphatic carbocycles. The third kappa shape index (κ3) is 2.98.